The zero-order valence-corrected chi connectivity index (χ0v) is 10.1. The topological polar surface area (TPSA) is 34.1 Å². The molecule has 0 aromatic heterocycles. The highest BCUT2D eigenvalue weighted by Gasteiger charge is 2.12. The van der Waals surface area contributed by atoms with Crippen LogP contribution in [-0.4, -0.2) is 27.1 Å². The third kappa shape index (κ3) is 8.65. The maximum Gasteiger partial charge on any atom is 0.186 e. The Morgan fingerprint density at radius 1 is 1.31 bits per heavy atom. The molecule has 0 spiro atoms. The summed E-state index contributed by atoms with van der Waals surface area (Å²) in [5, 5.41) is 0.340. The summed E-state index contributed by atoms with van der Waals surface area (Å²) in [5.41, 5.74) is 0. The summed E-state index contributed by atoms with van der Waals surface area (Å²) in [6.45, 7) is 3.06. The van der Waals surface area contributed by atoms with Gasteiger partial charge in [0.2, 0.25) is 0 Å². The van der Waals surface area contributed by atoms with E-state index in [1.807, 2.05) is 0 Å². The summed E-state index contributed by atoms with van der Waals surface area (Å²) in [7, 11) is 0. The van der Waals surface area contributed by atoms with Crippen molar-refractivity contribution >= 4 is 45.4 Å². The van der Waals surface area contributed by atoms with Crippen LogP contribution in [0.2, 0.25) is 0 Å². The first-order valence-electron chi connectivity index (χ1n) is 3.92. The van der Waals surface area contributed by atoms with Crippen molar-refractivity contribution in [1.82, 2.24) is 0 Å². The molecular weight excluding hydrogens is 228 g/mol. The lowest BCUT2D eigenvalue weighted by molar-refractivity contribution is -0.110. The quantitative estimate of drug-likeness (QED) is 0.692. The standard InChI is InChI=1S/C8H13ClO2S2/c1-6(10)12-5-8(3-4-9)13-7(2)11/h8H,3-5H2,1-2H3. The van der Waals surface area contributed by atoms with Gasteiger partial charge in [-0.15, -0.1) is 11.6 Å². The van der Waals surface area contributed by atoms with Crippen molar-refractivity contribution < 1.29 is 9.59 Å². The molecule has 0 fully saturated rings. The monoisotopic (exact) mass is 240 g/mol. The fourth-order valence-electron chi connectivity index (χ4n) is 0.743. The largest absolute Gasteiger partial charge is 0.288 e. The molecule has 1 atom stereocenters. The van der Waals surface area contributed by atoms with Gasteiger partial charge in [0, 0.05) is 30.7 Å². The molecule has 13 heavy (non-hydrogen) atoms. The number of hydrogen-bond donors (Lipinski definition) is 0. The van der Waals surface area contributed by atoms with Crippen LogP contribution in [0.1, 0.15) is 20.3 Å². The van der Waals surface area contributed by atoms with Crippen molar-refractivity contribution in [2.75, 3.05) is 11.6 Å². The van der Waals surface area contributed by atoms with Crippen molar-refractivity contribution in [3.05, 3.63) is 0 Å². The number of hydrogen-bond acceptors (Lipinski definition) is 4. The molecule has 0 aromatic rings. The number of carbonyl (C=O) groups is 2. The minimum absolute atomic E-state index is 0.0827. The highest BCUT2D eigenvalue weighted by Crippen LogP contribution is 2.21. The zero-order chi connectivity index (χ0) is 10.3. The van der Waals surface area contributed by atoms with Crippen molar-refractivity contribution in [3.63, 3.8) is 0 Å². The van der Waals surface area contributed by atoms with Crippen molar-refractivity contribution in [3.8, 4) is 0 Å². The van der Waals surface area contributed by atoms with E-state index < -0.39 is 0 Å². The Labute approximate surface area is 92.2 Å². The molecule has 0 aliphatic heterocycles. The van der Waals surface area contributed by atoms with Gasteiger partial charge in [-0.05, 0) is 6.42 Å². The lowest BCUT2D eigenvalue weighted by Gasteiger charge is -2.11. The first-order valence-corrected chi connectivity index (χ1v) is 6.32. The van der Waals surface area contributed by atoms with Crippen molar-refractivity contribution in [2.24, 2.45) is 0 Å². The SMILES string of the molecule is CC(=O)SCC(CCCl)SC(C)=O. The maximum absolute atomic E-state index is 10.8. The fraction of sp³-hybridized carbons (Fsp3) is 0.750. The molecule has 5 heteroatoms. The first kappa shape index (κ1) is 13.3. The van der Waals surface area contributed by atoms with Gasteiger partial charge in [-0.3, -0.25) is 9.59 Å². The van der Waals surface area contributed by atoms with Gasteiger partial charge < -0.3 is 0 Å². The van der Waals surface area contributed by atoms with E-state index in [-0.39, 0.29) is 15.5 Å². The zero-order valence-electron chi connectivity index (χ0n) is 7.71. The molecule has 0 amide bonds. The minimum Gasteiger partial charge on any atom is -0.288 e. The molecule has 0 aliphatic rings. The number of alkyl halides is 1. The molecule has 1 unspecified atom stereocenters. The lowest BCUT2D eigenvalue weighted by atomic mass is 10.4. The van der Waals surface area contributed by atoms with E-state index >= 15 is 0 Å². The molecule has 0 N–H and O–H groups in total. The van der Waals surface area contributed by atoms with E-state index in [0.717, 1.165) is 6.42 Å². The van der Waals surface area contributed by atoms with Crippen LogP contribution in [0.15, 0.2) is 0 Å². The van der Waals surface area contributed by atoms with Gasteiger partial charge in [-0.2, -0.15) is 0 Å². The fourth-order valence-corrected chi connectivity index (χ4v) is 2.90. The molecule has 76 valence electrons. The second-order valence-electron chi connectivity index (χ2n) is 2.51. The predicted octanol–water partition coefficient (Wildman–Crippen LogP) is 2.54. The minimum atomic E-state index is 0.0827. The van der Waals surface area contributed by atoms with Crippen LogP contribution in [0, 0.1) is 0 Å². The van der Waals surface area contributed by atoms with E-state index in [1.54, 1.807) is 0 Å². The van der Waals surface area contributed by atoms with Crippen LogP contribution >= 0.6 is 35.1 Å². The average molecular weight is 241 g/mol. The maximum atomic E-state index is 10.8. The molecule has 0 saturated heterocycles. The highest BCUT2D eigenvalue weighted by molar-refractivity contribution is 8.17. The van der Waals surface area contributed by atoms with Gasteiger partial charge in [-0.1, -0.05) is 23.5 Å². The third-order valence-corrected chi connectivity index (χ3v) is 3.71. The Bertz CT molecular complexity index is 185. The van der Waals surface area contributed by atoms with Crippen LogP contribution in [0.25, 0.3) is 0 Å². The predicted molar refractivity (Wildman–Crippen MR) is 60.5 cm³/mol. The van der Waals surface area contributed by atoms with Crippen LogP contribution in [-0.2, 0) is 9.59 Å². The Kier molecular flexibility index (Phi) is 7.90. The van der Waals surface area contributed by atoms with Crippen LogP contribution < -0.4 is 0 Å². The summed E-state index contributed by atoms with van der Waals surface area (Å²) >= 11 is 8.10. The second-order valence-corrected chi connectivity index (χ2v) is 5.56. The molecule has 0 aliphatic carbocycles. The number of thioether (sulfide) groups is 2. The molecule has 0 radical (unpaired) electrons. The van der Waals surface area contributed by atoms with Crippen LogP contribution in [0.5, 0.6) is 0 Å². The highest BCUT2D eigenvalue weighted by atomic mass is 35.5. The lowest BCUT2D eigenvalue weighted by Crippen LogP contribution is -2.10. The third-order valence-electron chi connectivity index (χ3n) is 1.24. The Morgan fingerprint density at radius 3 is 2.31 bits per heavy atom. The van der Waals surface area contributed by atoms with Crippen LogP contribution in [0.3, 0.4) is 0 Å². The van der Waals surface area contributed by atoms with Gasteiger partial charge in [0.25, 0.3) is 0 Å². The van der Waals surface area contributed by atoms with Gasteiger partial charge in [0.05, 0.1) is 0 Å². The molecule has 0 saturated carbocycles. The Balaban J connectivity index is 3.79. The first-order chi connectivity index (χ1) is 6.06. The van der Waals surface area contributed by atoms with Gasteiger partial charge in [-0.25, -0.2) is 0 Å². The van der Waals surface area contributed by atoms with Crippen molar-refractivity contribution in [2.45, 2.75) is 25.5 Å². The molecule has 0 rings (SSSR count). The van der Waals surface area contributed by atoms with E-state index in [1.165, 1.54) is 37.4 Å². The summed E-state index contributed by atoms with van der Waals surface area (Å²) in [6, 6.07) is 0. The van der Waals surface area contributed by atoms with Gasteiger partial charge >= 0.3 is 0 Å². The summed E-state index contributed by atoms with van der Waals surface area (Å²) in [6.07, 6.45) is 0.770. The smallest absolute Gasteiger partial charge is 0.186 e. The molecule has 2 nitrogen and oxygen atoms in total. The summed E-state index contributed by atoms with van der Waals surface area (Å²) in [5.74, 6) is 1.20. The normalized spacial score (nSPS) is 12.5. The summed E-state index contributed by atoms with van der Waals surface area (Å²) in [4.78, 5) is 21.5. The average Bonchev–Trinajstić information content (AvgIpc) is 1.99. The Morgan fingerprint density at radius 2 is 1.92 bits per heavy atom. The molecular formula is C8H13ClO2S2. The number of carbonyl (C=O) groups excluding carboxylic acids is 2. The Hall–Kier alpha value is 0.330. The van der Waals surface area contributed by atoms with E-state index in [2.05, 4.69) is 0 Å². The van der Waals surface area contributed by atoms with Crippen molar-refractivity contribution in [1.29, 1.82) is 0 Å². The van der Waals surface area contributed by atoms with Crippen LogP contribution in [0.4, 0.5) is 0 Å². The van der Waals surface area contributed by atoms with Gasteiger partial charge in [0.1, 0.15) is 0 Å². The summed E-state index contributed by atoms with van der Waals surface area (Å²) < 4.78 is 0. The number of rotatable bonds is 5. The molecule has 0 bridgehead atoms. The second kappa shape index (κ2) is 7.71. The molecule has 0 aromatic carbocycles. The number of halogens is 1. The molecule has 0 heterocycles. The van der Waals surface area contributed by atoms with E-state index in [4.69, 9.17) is 11.6 Å². The van der Waals surface area contributed by atoms with E-state index in [0.29, 0.717) is 11.6 Å². The van der Waals surface area contributed by atoms with Gasteiger partial charge in [0.15, 0.2) is 10.2 Å². The van der Waals surface area contributed by atoms with E-state index in [9.17, 15) is 9.59 Å².